The molecule has 2 aliphatic rings. The van der Waals surface area contributed by atoms with Crippen molar-refractivity contribution in [1.29, 1.82) is 0 Å². The minimum atomic E-state index is -1.66. The molecule has 114 valence electrons. The minimum absolute atomic E-state index is 0.0483. The molecule has 0 aromatic heterocycles. The molecule has 1 aromatic rings. The zero-order chi connectivity index (χ0) is 15.3. The SMILES string of the molecule is COC(=O)[C@@H]1C[C@@]2(O[Si](C)(C)C)CCc3ccccc3[C@@H]12. The van der Waals surface area contributed by atoms with Crippen molar-refractivity contribution in [2.75, 3.05) is 7.11 Å². The van der Waals surface area contributed by atoms with Crippen LogP contribution in [-0.2, 0) is 20.4 Å². The van der Waals surface area contributed by atoms with E-state index in [0.717, 1.165) is 19.3 Å². The van der Waals surface area contributed by atoms with Gasteiger partial charge in [-0.25, -0.2) is 0 Å². The number of rotatable bonds is 3. The van der Waals surface area contributed by atoms with Crippen LogP contribution in [0.4, 0.5) is 0 Å². The molecule has 21 heavy (non-hydrogen) atoms. The molecular weight excluding hydrogens is 280 g/mol. The molecule has 2 aliphatic carbocycles. The summed E-state index contributed by atoms with van der Waals surface area (Å²) in [4.78, 5) is 12.1. The maximum atomic E-state index is 12.1. The molecule has 0 heterocycles. The molecule has 3 atom stereocenters. The second-order valence-corrected chi connectivity index (χ2v) is 11.7. The van der Waals surface area contributed by atoms with Gasteiger partial charge in [-0.15, -0.1) is 0 Å². The molecule has 1 aromatic carbocycles. The van der Waals surface area contributed by atoms with Crippen LogP contribution in [-0.4, -0.2) is 27.0 Å². The molecule has 3 rings (SSSR count). The predicted molar refractivity (Wildman–Crippen MR) is 84.8 cm³/mol. The second kappa shape index (κ2) is 4.95. The van der Waals surface area contributed by atoms with Crippen LogP contribution in [0, 0.1) is 5.92 Å². The van der Waals surface area contributed by atoms with E-state index >= 15 is 0 Å². The molecule has 1 fully saturated rings. The molecule has 0 unspecified atom stereocenters. The van der Waals surface area contributed by atoms with E-state index in [-0.39, 0.29) is 23.4 Å². The maximum Gasteiger partial charge on any atom is 0.309 e. The molecule has 1 saturated carbocycles. The molecule has 0 saturated heterocycles. The van der Waals surface area contributed by atoms with E-state index < -0.39 is 8.32 Å². The van der Waals surface area contributed by atoms with E-state index in [2.05, 4.69) is 43.9 Å². The first-order chi connectivity index (χ1) is 9.86. The van der Waals surface area contributed by atoms with Gasteiger partial charge in [-0.2, -0.15) is 0 Å². The third kappa shape index (κ3) is 2.44. The van der Waals surface area contributed by atoms with Gasteiger partial charge in [0.05, 0.1) is 18.6 Å². The van der Waals surface area contributed by atoms with Gasteiger partial charge in [-0.05, 0) is 50.0 Å². The maximum absolute atomic E-state index is 12.1. The molecule has 0 bridgehead atoms. The van der Waals surface area contributed by atoms with E-state index in [1.165, 1.54) is 18.2 Å². The topological polar surface area (TPSA) is 35.5 Å². The number of aryl methyl sites for hydroxylation is 1. The van der Waals surface area contributed by atoms with E-state index in [9.17, 15) is 4.79 Å². The standard InChI is InChI=1S/C17H24O3Si/c1-19-16(18)14-11-17(20-21(2,3)4)10-9-12-7-5-6-8-13(12)15(14)17/h5-8,14-15H,9-11H2,1-4H3/t14-,15+,17+/m1/s1. The summed E-state index contributed by atoms with van der Waals surface area (Å²) in [5, 5.41) is 0. The van der Waals surface area contributed by atoms with Crippen molar-refractivity contribution in [2.45, 2.75) is 50.4 Å². The zero-order valence-electron chi connectivity index (χ0n) is 13.3. The van der Waals surface area contributed by atoms with Crippen LogP contribution in [0.15, 0.2) is 24.3 Å². The summed E-state index contributed by atoms with van der Waals surface area (Å²) < 4.78 is 11.6. The highest BCUT2D eigenvalue weighted by Crippen LogP contribution is 2.59. The lowest BCUT2D eigenvalue weighted by Crippen LogP contribution is -2.61. The number of hydrogen-bond acceptors (Lipinski definition) is 3. The number of carbonyl (C=O) groups excluding carboxylic acids is 1. The van der Waals surface area contributed by atoms with Crippen molar-refractivity contribution in [1.82, 2.24) is 0 Å². The van der Waals surface area contributed by atoms with E-state index in [1.54, 1.807) is 0 Å². The summed E-state index contributed by atoms with van der Waals surface area (Å²) in [6, 6.07) is 8.49. The molecule has 3 nitrogen and oxygen atoms in total. The van der Waals surface area contributed by atoms with Crippen LogP contribution in [0.1, 0.15) is 29.9 Å². The smallest absolute Gasteiger partial charge is 0.309 e. The highest BCUT2D eigenvalue weighted by atomic mass is 28.4. The van der Waals surface area contributed by atoms with E-state index in [4.69, 9.17) is 9.16 Å². The number of benzene rings is 1. The number of hydrogen-bond donors (Lipinski definition) is 0. The average Bonchev–Trinajstić information content (AvgIpc) is 2.40. The van der Waals surface area contributed by atoms with Crippen LogP contribution in [0.2, 0.25) is 19.6 Å². The zero-order valence-corrected chi connectivity index (χ0v) is 14.3. The van der Waals surface area contributed by atoms with Crippen molar-refractivity contribution >= 4 is 14.3 Å². The molecule has 0 aliphatic heterocycles. The van der Waals surface area contributed by atoms with Gasteiger partial charge in [0.2, 0.25) is 0 Å². The molecule has 4 heteroatoms. The van der Waals surface area contributed by atoms with Crippen molar-refractivity contribution in [3.63, 3.8) is 0 Å². The lowest BCUT2D eigenvalue weighted by Gasteiger charge is -2.58. The van der Waals surface area contributed by atoms with Gasteiger partial charge in [0.1, 0.15) is 0 Å². The third-order valence-corrected chi connectivity index (χ3v) is 5.77. The summed E-state index contributed by atoms with van der Waals surface area (Å²) in [5.74, 6) is 0.0286. The quantitative estimate of drug-likeness (QED) is 0.633. The van der Waals surface area contributed by atoms with Crippen LogP contribution >= 0.6 is 0 Å². The number of carbonyl (C=O) groups is 1. The Morgan fingerprint density at radius 2 is 2.00 bits per heavy atom. The summed E-state index contributed by atoms with van der Waals surface area (Å²) in [5.41, 5.74) is 2.52. The van der Waals surface area contributed by atoms with E-state index in [1.807, 2.05) is 0 Å². The number of ether oxygens (including phenoxy) is 1. The average molecular weight is 304 g/mol. The largest absolute Gasteiger partial charge is 0.469 e. The van der Waals surface area contributed by atoms with Crippen molar-refractivity contribution < 1.29 is 14.0 Å². The van der Waals surface area contributed by atoms with Crippen LogP contribution < -0.4 is 0 Å². The first kappa shape index (κ1) is 14.8. The Morgan fingerprint density at radius 3 is 2.67 bits per heavy atom. The van der Waals surface area contributed by atoms with Gasteiger partial charge < -0.3 is 9.16 Å². The number of esters is 1. The molecule has 0 N–H and O–H groups in total. The van der Waals surface area contributed by atoms with Crippen LogP contribution in [0.25, 0.3) is 0 Å². The normalized spacial score (nSPS) is 30.9. The Bertz CT molecular complexity index is 563. The van der Waals surface area contributed by atoms with E-state index in [0.29, 0.717) is 0 Å². The second-order valence-electron chi connectivity index (χ2n) is 7.29. The van der Waals surface area contributed by atoms with Gasteiger partial charge in [0, 0.05) is 5.92 Å². The minimum Gasteiger partial charge on any atom is -0.469 e. The van der Waals surface area contributed by atoms with Crippen LogP contribution in [0.3, 0.4) is 0 Å². The molecule has 0 spiro atoms. The monoisotopic (exact) mass is 304 g/mol. The highest BCUT2D eigenvalue weighted by Gasteiger charge is 2.61. The van der Waals surface area contributed by atoms with Gasteiger partial charge in [0.15, 0.2) is 8.32 Å². The number of fused-ring (bicyclic) bond motifs is 3. The first-order valence-electron chi connectivity index (χ1n) is 7.72. The predicted octanol–water partition coefficient (Wildman–Crippen LogP) is 3.50. The molecular formula is C17H24O3Si. The Hall–Kier alpha value is -1.13. The highest BCUT2D eigenvalue weighted by molar-refractivity contribution is 6.69. The molecule has 0 radical (unpaired) electrons. The van der Waals surface area contributed by atoms with Crippen LogP contribution in [0.5, 0.6) is 0 Å². The fourth-order valence-corrected chi connectivity index (χ4v) is 5.66. The van der Waals surface area contributed by atoms with Crippen molar-refractivity contribution in [2.24, 2.45) is 5.92 Å². The Balaban J connectivity index is 1.99. The summed E-state index contributed by atoms with van der Waals surface area (Å²) in [6.45, 7) is 6.68. The summed E-state index contributed by atoms with van der Waals surface area (Å²) >= 11 is 0. The summed E-state index contributed by atoms with van der Waals surface area (Å²) in [6.07, 6.45) is 2.88. The third-order valence-electron chi connectivity index (χ3n) is 4.76. The Morgan fingerprint density at radius 1 is 1.29 bits per heavy atom. The molecule has 0 amide bonds. The van der Waals surface area contributed by atoms with Gasteiger partial charge >= 0.3 is 5.97 Å². The first-order valence-corrected chi connectivity index (χ1v) is 11.1. The van der Waals surface area contributed by atoms with Gasteiger partial charge in [0.25, 0.3) is 0 Å². The van der Waals surface area contributed by atoms with Gasteiger partial charge in [-0.1, -0.05) is 24.3 Å². The van der Waals surface area contributed by atoms with Crippen molar-refractivity contribution in [3.8, 4) is 0 Å². The lowest BCUT2D eigenvalue weighted by atomic mass is 9.53. The Labute approximate surface area is 127 Å². The number of methoxy groups -OCH3 is 1. The lowest BCUT2D eigenvalue weighted by molar-refractivity contribution is -0.167. The Kier molecular flexibility index (Phi) is 3.49. The summed E-state index contributed by atoms with van der Waals surface area (Å²) in [7, 11) is -0.173. The van der Waals surface area contributed by atoms with Crippen molar-refractivity contribution in [3.05, 3.63) is 35.4 Å². The van der Waals surface area contributed by atoms with Gasteiger partial charge in [-0.3, -0.25) is 4.79 Å². The fourth-order valence-electron chi connectivity index (χ4n) is 4.13. The fraction of sp³-hybridized carbons (Fsp3) is 0.588.